The molecule has 0 bridgehead atoms. The molecule has 10 heteroatoms. The number of aromatic carboxylic acids is 1. The van der Waals surface area contributed by atoms with Gasteiger partial charge in [-0.05, 0) is 36.2 Å². The van der Waals surface area contributed by atoms with E-state index >= 15 is 0 Å². The van der Waals surface area contributed by atoms with Crippen molar-refractivity contribution in [3.8, 4) is 10.4 Å². The van der Waals surface area contributed by atoms with Crippen molar-refractivity contribution in [3.63, 3.8) is 0 Å². The van der Waals surface area contributed by atoms with Crippen LogP contribution in [0.5, 0.6) is 0 Å². The van der Waals surface area contributed by atoms with E-state index in [-0.39, 0.29) is 15.6 Å². The standard InChI is InChI=1S/C18H12F3N3O3S/c1-9-8-22-6-5-12(9)15(25)24-17-23-13(16(26)27)14(28-17)10-3-2-4-11(7-10)18(19,20)21/h2-8H,1H3,(H,26,27)(H,23,24,25). The van der Waals surface area contributed by atoms with E-state index in [4.69, 9.17) is 0 Å². The molecule has 28 heavy (non-hydrogen) atoms. The van der Waals surface area contributed by atoms with Crippen LogP contribution in [0.2, 0.25) is 0 Å². The average Bonchev–Trinajstić information content (AvgIpc) is 3.05. The fourth-order valence-electron chi connectivity index (χ4n) is 2.44. The van der Waals surface area contributed by atoms with E-state index in [2.05, 4.69) is 15.3 Å². The lowest BCUT2D eigenvalue weighted by atomic mass is 10.1. The molecule has 0 radical (unpaired) electrons. The number of carboxylic acid groups (broad SMARTS) is 1. The van der Waals surface area contributed by atoms with Crippen LogP contribution in [0.1, 0.15) is 32.0 Å². The predicted molar refractivity (Wildman–Crippen MR) is 96.4 cm³/mol. The molecule has 0 aliphatic rings. The molecule has 3 aromatic rings. The maximum absolute atomic E-state index is 13.0. The topological polar surface area (TPSA) is 92.2 Å². The SMILES string of the molecule is Cc1cnccc1C(=O)Nc1nc(C(=O)O)c(-c2cccc(C(F)(F)F)c2)s1. The van der Waals surface area contributed by atoms with Crippen molar-refractivity contribution in [3.05, 3.63) is 65.1 Å². The van der Waals surface area contributed by atoms with Crippen LogP contribution in [0.4, 0.5) is 18.3 Å². The molecule has 0 saturated heterocycles. The number of carboxylic acids is 1. The Labute approximate surface area is 160 Å². The number of alkyl halides is 3. The van der Waals surface area contributed by atoms with Crippen molar-refractivity contribution in [2.24, 2.45) is 0 Å². The largest absolute Gasteiger partial charge is 0.476 e. The lowest BCUT2D eigenvalue weighted by Gasteiger charge is -2.08. The van der Waals surface area contributed by atoms with Crippen LogP contribution in [-0.2, 0) is 6.18 Å². The van der Waals surface area contributed by atoms with Gasteiger partial charge in [0.2, 0.25) is 0 Å². The maximum atomic E-state index is 13.0. The predicted octanol–water partition coefficient (Wildman–Crippen LogP) is 4.48. The van der Waals surface area contributed by atoms with Crippen LogP contribution < -0.4 is 5.32 Å². The number of amides is 1. The van der Waals surface area contributed by atoms with Crippen LogP contribution in [0.25, 0.3) is 10.4 Å². The number of thiazole rings is 1. The van der Waals surface area contributed by atoms with Crippen LogP contribution in [0.3, 0.4) is 0 Å². The summed E-state index contributed by atoms with van der Waals surface area (Å²) >= 11 is 0.782. The van der Waals surface area contributed by atoms with Gasteiger partial charge >= 0.3 is 12.1 Å². The Morgan fingerprint density at radius 2 is 1.96 bits per heavy atom. The summed E-state index contributed by atoms with van der Waals surface area (Å²) in [5.41, 5.74) is -0.375. The highest BCUT2D eigenvalue weighted by molar-refractivity contribution is 7.19. The van der Waals surface area contributed by atoms with Crippen molar-refractivity contribution >= 4 is 28.3 Å². The molecule has 0 spiro atoms. The summed E-state index contributed by atoms with van der Waals surface area (Å²) in [6, 6.07) is 5.76. The van der Waals surface area contributed by atoms with Crippen molar-refractivity contribution < 1.29 is 27.9 Å². The van der Waals surface area contributed by atoms with Crippen LogP contribution >= 0.6 is 11.3 Å². The van der Waals surface area contributed by atoms with Gasteiger partial charge in [0.05, 0.1) is 10.4 Å². The van der Waals surface area contributed by atoms with Gasteiger partial charge in [-0.15, -0.1) is 0 Å². The molecular weight excluding hydrogens is 395 g/mol. The third-order valence-corrected chi connectivity index (χ3v) is 4.79. The van der Waals surface area contributed by atoms with Crippen LogP contribution in [-0.4, -0.2) is 27.0 Å². The van der Waals surface area contributed by atoms with Crippen molar-refractivity contribution in [2.45, 2.75) is 13.1 Å². The maximum Gasteiger partial charge on any atom is 0.416 e. The van der Waals surface area contributed by atoms with Gasteiger partial charge in [0.1, 0.15) is 0 Å². The number of nitrogens with one attached hydrogen (secondary N) is 1. The highest BCUT2D eigenvalue weighted by atomic mass is 32.1. The van der Waals surface area contributed by atoms with E-state index in [1.165, 1.54) is 30.6 Å². The Bertz CT molecular complexity index is 1060. The minimum absolute atomic E-state index is 0.0142. The summed E-state index contributed by atoms with van der Waals surface area (Å²) in [4.78, 5) is 31.6. The van der Waals surface area contributed by atoms with Gasteiger partial charge in [0.15, 0.2) is 10.8 Å². The first-order valence-corrected chi connectivity index (χ1v) is 8.62. The number of rotatable bonds is 4. The third kappa shape index (κ3) is 4.01. The molecule has 0 aliphatic heterocycles. The van der Waals surface area contributed by atoms with Crippen molar-refractivity contribution in [1.82, 2.24) is 9.97 Å². The van der Waals surface area contributed by atoms with Gasteiger partial charge in [0.25, 0.3) is 5.91 Å². The Morgan fingerprint density at radius 3 is 2.61 bits per heavy atom. The molecule has 2 N–H and O–H groups in total. The molecule has 0 unspecified atom stereocenters. The zero-order chi connectivity index (χ0) is 20.5. The second-order valence-electron chi connectivity index (χ2n) is 5.73. The number of pyridine rings is 1. The Morgan fingerprint density at radius 1 is 1.21 bits per heavy atom. The average molecular weight is 407 g/mol. The van der Waals surface area contributed by atoms with Gasteiger partial charge in [-0.1, -0.05) is 23.5 Å². The van der Waals surface area contributed by atoms with E-state index in [1.54, 1.807) is 6.92 Å². The molecule has 1 amide bonds. The number of aryl methyl sites for hydroxylation is 1. The molecule has 144 valence electrons. The first kappa shape index (κ1) is 19.5. The lowest BCUT2D eigenvalue weighted by molar-refractivity contribution is -0.137. The summed E-state index contributed by atoms with van der Waals surface area (Å²) < 4.78 is 38.9. The molecule has 0 aliphatic carbocycles. The summed E-state index contributed by atoms with van der Waals surface area (Å²) in [7, 11) is 0. The lowest BCUT2D eigenvalue weighted by Crippen LogP contribution is -2.13. The molecule has 0 atom stereocenters. The van der Waals surface area contributed by atoms with Gasteiger partial charge in [-0.3, -0.25) is 15.1 Å². The summed E-state index contributed by atoms with van der Waals surface area (Å²) in [5, 5.41) is 11.8. The molecular formula is C18H12F3N3O3S. The van der Waals surface area contributed by atoms with Crippen LogP contribution in [0.15, 0.2) is 42.7 Å². The minimum atomic E-state index is -4.57. The molecule has 1 aromatic carbocycles. The van der Waals surface area contributed by atoms with E-state index in [1.807, 2.05) is 0 Å². The minimum Gasteiger partial charge on any atom is -0.476 e. The van der Waals surface area contributed by atoms with Gasteiger partial charge in [-0.25, -0.2) is 9.78 Å². The fraction of sp³-hybridized carbons (Fsp3) is 0.111. The van der Waals surface area contributed by atoms with Gasteiger partial charge < -0.3 is 5.11 Å². The van der Waals surface area contributed by atoms with Crippen LogP contribution in [0, 0.1) is 6.92 Å². The smallest absolute Gasteiger partial charge is 0.416 e. The van der Waals surface area contributed by atoms with E-state index in [0.29, 0.717) is 11.1 Å². The normalized spacial score (nSPS) is 11.3. The number of anilines is 1. The number of halogens is 3. The van der Waals surface area contributed by atoms with E-state index in [9.17, 15) is 27.9 Å². The Kier molecular flexibility index (Phi) is 5.14. The fourth-order valence-corrected chi connectivity index (χ4v) is 3.39. The number of hydrogen-bond donors (Lipinski definition) is 2. The van der Waals surface area contributed by atoms with E-state index in [0.717, 1.165) is 23.5 Å². The monoisotopic (exact) mass is 407 g/mol. The number of hydrogen-bond acceptors (Lipinski definition) is 5. The number of nitrogens with zero attached hydrogens (tertiary/aromatic N) is 2. The van der Waals surface area contributed by atoms with Gasteiger partial charge in [-0.2, -0.15) is 13.2 Å². The second-order valence-corrected chi connectivity index (χ2v) is 6.72. The Balaban J connectivity index is 1.98. The highest BCUT2D eigenvalue weighted by Crippen LogP contribution is 2.37. The van der Waals surface area contributed by atoms with E-state index < -0.39 is 29.3 Å². The summed E-state index contributed by atoms with van der Waals surface area (Å²) in [6.45, 7) is 1.68. The number of carbonyl (C=O) groups is 2. The first-order valence-electron chi connectivity index (χ1n) is 7.80. The highest BCUT2D eigenvalue weighted by Gasteiger charge is 2.31. The number of aromatic nitrogens is 2. The number of benzene rings is 1. The zero-order valence-electron chi connectivity index (χ0n) is 14.2. The molecule has 3 rings (SSSR count). The van der Waals surface area contributed by atoms with Gasteiger partial charge in [0, 0.05) is 18.0 Å². The first-order chi connectivity index (χ1) is 13.2. The third-order valence-electron chi connectivity index (χ3n) is 3.77. The molecule has 2 heterocycles. The molecule has 0 fully saturated rings. The molecule has 2 aromatic heterocycles. The Hall–Kier alpha value is -3.27. The second kappa shape index (κ2) is 7.39. The quantitative estimate of drug-likeness (QED) is 0.665. The molecule has 0 saturated carbocycles. The summed E-state index contributed by atoms with van der Waals surface area (Å²) in [6.07, 6.45) is -1.64. The zero-order valence-corrected chi connectivity index (χ0v) is 15.1. The number of carbonyl (C=O) groups excluding carboxylic acids is 1. The molecule has 6 nitrogen and oxygen atoms in total. The van der Waals surface area contributed by atoms with Crippen molar-refractivity contribution in [2.75, 3.05) is 5.32 Å². The van der Waals surface area contributed by atoms with Crippen molar-refractivity contribution in [1.29, 1.82) is 0 Å². The summed E-state index contributed by atoms with van der Waals surface area (Å²) in [5.74, 6) is -1.94.